The minimum atomic E-state index is -0.871. The van der Waals surface area contributed by atoms with Crippen LogP contribution in [0.1, 0.15) is 58.3 Å². The van der Waals surface area contributed by atoms with Gasteiger partial charge in [-0.25, -0.2) is 4.79 Å². The minimum absolute atomic E-state index is 0.0296. The Hall–Kier alpha value is -1.21. The van der Waals surface area contributed by atoms with Gasteiger partial charge in [0.25, 0.3) is 0 Å². The summed E-state index contributed by atoms with van der Waals surface area (Å²) in [6.07, 6.45) is 8.26. The molecule has 1 rings (SSSR count). The predicted octanol–water partition coefficient (Wildman–Crippen LogP) is 3.27. The van der Waals surface area contributed by atoms with E-state index >= 15 is 0 Å². The van der Waals surface area contributed by atoms with Crippen LogP contribution in [0.5, 0.6) is 0 Å². The summed E-state index contributed by atoms with van der Waals surface area (Å²) in [5, 5.41) is 10.3. The van der Waals surface area contributed by atoms with E-state index < -0.39 is 11.8 Å². The molecule has 0 saturated heterocycles. The zero-order valence-corrected chi connectivity index (χ0v) is 12.6. The fraction of sp³-hybridized carbons (Fsp3) is 0.812. The second-order valence-electron chi connectivity index (χ2n) is 5.41. The Morgan fingerprint density at radius 2 is 2.10 bits per heavy atom. The van der Waals surface area contributed by atoms with E-state index in [9.17, 15) is 9.90 Å². The van der Waals surface area contributed by atoms with Crippen LogP contribution in [0.2, 0.25) is 0 Å². The number of hydrogen-bond acceptors (Lipinski definition) is 4. The number of ether oxygens (including phenoxy) is 2. The molecule has 0 spiro atoms. The van der Waals surface area contributed by atoms with Gasteiger partial charge < -0.3 is 14.6 Å². The summed E-state index contributed by atoms with van der Waals surface area (Å²) in [6.45, 7) is 2.18. The molecule has 0 bridgehead atoms. The maximum Gasteiger partial charge on any atom is 0.508 e. The Balaban J connectivity index is 2.23. The van der Waals surface area contributed by atoms with Gasteiger partial charge in [0.2, 0.25) is 0 Å². The summed E-state index contributed by atoms with van der Waals surface area (Å²) < 4.78 is 9.01. The molecule has 1 saturated carbocycles. The first-order chi connectivity index (χ1) is 9.62. The van der Waals surface area contributed by atoms with Gasteiger partial charge >= 0.3 is 6.16 Å². The van der Waals surface area contributed by atoms with Crippen LogP contribution < -0.4 is 0 Å². The summed E-state index contributed by atoms with van der Waals surface area (Å²) in [5.74, 6) is 5.83. The summed E-state index contributed by atoms with van der Waals surface area (Å²) in [6, 6.07) is 0. The minimum Gasteiger partial charge on any atom is -0.438 e. The molecule has 0 amide bonds. The largest absolute Gasteiger partial charge is 0.508 e. The van der Waals surface area contributed by atoms with Gasteiger partial charge in [-0.2, -0.15) is 0 Å². The molecule has 0 aliphatic heterocycles. The predicted molar refractivity (Wildman–Crippen MR) is 77.2 cm³/mol. The molecule has 1 N–H and O–H groups in total. The van der Waals surface area contributed by atoms with Crippen molar-refractivity contribution in [2.45, 2.75) is 63.9 Å². The second kappa shape index (κ2) is 8.86. The molecule has 0 heterocycles. The zero-order chi connectivity index (χ0) is 14.8. The Labute approximate surface area is 121 Å². The van der Waals surface area contributed by atoms with Crippen LogP contribution in [0.4, 0.5) is 4.79 Å². The van der Waals surface area contributed by atoms with Crippen molar-refractivity contribution in [3.63, 3.8) is 0 Å². The van der Waals surface area contributed by atoms with Gasteiger partial charge in [0, 0.05) is 0 Å². The van der Waals surface area contributed by atoms with Crippen molar-refractivity contribution in [3.8, 4) is 11.8 Å². The molecule has 4 heteroatoms. The number of carbonyl (C=O) groups excluding carboxylic acids is 1. The van der Waals surface area contributed by atoms with Crippen molar-refractivity contribution < 1.29 is 19.4 Å². The van der Waals surface area contributed by atoms with Crippen molar-refractivity contribution in [2.24, 2.45) is 5.92 Å². The van der Waals surface area contributed by atoms with Crippen molar-refractivity contribution >= 4 is 6.16 Å². The lowest BCUT2D eigenvalue weighted by Crippen LogP contribution is -2.45. The lowest BCUT2D eigenvalue weighted by molar-refractivity contribution is -0.0473. The second-order valence-corrected chi connectivity index (χ2v) is 5.41. The van der Waals surface area contributed by atoms with E-state index in [2.05, 4.69) is 28.2 Å². The van der Waals surface area contributed by atoms with E-state index in [-0.39, 0.29) is 12.5 Å². The van der Waals surface area contributed by atoms with Gasteiger partial charge in [-0.3, -0.25) is 0 Å². The van der Waals surface area contributed by atoms with Crippen LogP contribution in [0.15, 0.2) is 0 Å². The molecule has 1 aliphatic rings. The number of aliphatic hydroxyl groups is 1. The van der Waals surface area contributed by atoms with Crippen molar-refractivity contribution in [1.29, 1.82) is 0 Å². The third-order valence-corrected chi connectivity index (χ3v) is 3.94. The monoisotopic (exact) mass is 282 g/mol. The van der Waals surface area contributed by atoms with E-state index in [0.717, 1.165) is 25.7 Å². The van der Waals surface area contributed by atoms with Gasteiger partial charge in [-0.1, -0.05) is 50.9 Å². The fourth-order valence-electron chi connectivity index (χ4n) is 2.51. The van der Waals surface area contributed by atoms with Crippen LogP contribution in [-0.4, -0.2) is 30.6 Å². The van der Waals surface area contributed by atoms with E-state index in [0.29, 0.717) is 0 Å². The highest BCUT2D eigenvalue weighted by Gasteiger charge is 2.43. The Morgan fingerprint density at radius 3 is 2.70 bits per heavy atom. The normalized spacial score (nSPS) is 24.2. The van der Waals surface area contributed by atoms with Gasteiger partial charge in [-0.05, 0) is 25.2 Å². The molecule has 0 radical (unpaired) electrons. The van der Waals surface area contributed by atoms with Crippen LogP contribution in [0.25, 0.3) is 0 Å². The molecule has 20 heavy (non-hydrogen) atoms. The van der Waals surface area contributed by atoms with Crippen molar-refractivity contribution in [1.82, 2.24) is 0 Å². The molecule has 0 aromatic heterocycles. The number of hydrogen-bond donors (Lipinski definition) is 1. The van der Waals surface area contributed by atoms with Crippen LogP contribution >= 0.6 is 0 Å². The average molecular weight is 282 g/mol. The SMILES string of the molecule is CCCCCCCC1CCC1(O)C#CCOC(=O)OC. The van der Waals surface area contributed by atoms with E-state index in [1.807, 2.05) is 0 Å². The number of methoxy groups -OCH3 is 1. The van der Waals surface area contributed by atoms with E-state index in [1.54, 1.807) is 0 Å². The molecule has 2 atom stereocenters. The lowest BCUT2D eigenvalue weighted by Gasteiger charge is -2.41. The van der Waals surface area contributed by atoms with Crippen LogP contribution in [-0.2, 0) is 9.47 Å². The smallest absolute Gasteiger partial charge is 0.438 e. The lowest BCUT2D eigenvalue weighted by atomic mass is 9.67. The van der Waals surface area contributed by atoms with Crippen LogP contribution in [0, 0.1) is 17.8 Å². The van der Waals surface area contributed by atoms with Gasteiger partial charge in [0.1, 0.15) is 5.60 Å². The molecule has 2 unspecified atom stereocenters. The highest BCUT2D eigenvalue weighted by Crippen LogP contribution is 2.41. The van der Waals surface area contributed by atoms with E-state index in [4.69, 9.17) is 0 Å². The summed E-state index contributed by atoms with van der Waals surface area (Å²) >= 11 is 0. The molecule has 1 fully saturated rings. The van der Waals surface area contributed by atoms with Crippen LogP contribution in [0.3, 0.4) is 0 Å². The molecule has 1 aliphatic carbocycles. The molecular weight excluding hydrogens is 256 g/mol. The summed E-state index contributed by atoms with van der Waals surface area (Å²) in [5.41, 5.74) is -0.871. The number of unbranched alkanes of at least 4 members (excludes halogenated alkanes) is 4. The van der Waals surface area contributed by atoms with Crippen molar-refractivity contribution in [3.05, 3.63) is 0 Å². The Morgan fingerprint density at radius 1 is 1.35 bits per heavy atom. The molecule has 114 valence electrons. The standard InChI is InChI=1S/C16H26O4/c1-3-4-5-6-7-9-14-10-12-16(14,18)11-8-13-20-15(17)19-2/h14,18H,3-7,9-10,12-13H2,1-2H3. The highest BCUT2D eigenvalue weighted by molar-refractivity contribution is 5.59. The molecular formula is C16H26O4. The quantitative estimate of drug-likeness (QED) is 0.442. The highest BCUT2D eigenvalue weighted by atomic mass is 16.7. The van der Waals surface area contributed by atoms with Gasteiger partial charge in [-0.15, -0.1) is 0 Å². The summed E-state index contributed by atoms with van der Waals surface area (Å²) in [4.78, 5) is 10.7. The number of rotatable bonds is 7. The zero-order valence-electron chi connectivity index (χ0n) is 12.6. The fourth-order valence-corrected chi connectivity index (χ4v) is 2.51. The Kier molecular flexibility index (Phi) is 7.46. The summed E-state index contributed by atoms with van der Waals surface area (Å²) in [7, 11) is 1.25. The maximum absolute atomic E-state index is 10.7. The average Bonchev–Trinajstić information content (AvgIpc) is 2.45. The first-order valence-corrected chi connectivity index (χ1v) is 7.55. The third kappa shape index (κ3) is 5.42. The molecule has 4 nitrogen and oxygen atoms in total. The number of carbonyl (C=O) groups is 1. The van der Waals surface area contributed by atoms with Gasteiger partial charge in [0.05, 0.1) is 7.11 Å². The third-order valence-electron chi connectivity index (χ3n) is 3.94. The maximum atomic E-state index is 10.7. The van der Waals surface area contributed by atoms with E-state index in [1.165, 1.54) is 32.8 Å². The topological polar surface area (TPSA) is 55.8 Å². The Bertz CT molecular complexity index is 355. The van der Waals surface area contributed by atoms with Crippen molar-refractivity contribution in [2.75, 3.05) is 13.7 Å². The molecule has 0 aromatic carbocycles. The molecule has 0 aromatic rings. The first-order valence-electron chi connectivity index (χ1n) is 7.55. The van der Waals surface area contributed by atoms with Gasteiger partial charge in [0.15, 0.2) is 6.61 Å². The first kappa shape index (κ1) is 16.8.